The lowest BCUT2D eigenvalue weighted by Crippen LogP contribution is -2.28. The van der Waals surface area contributed by atoms with Gasteiger partial charge in [0.1, 0.15) is 11.6 Å². The molecular weight excluding hydrogens is 386 g/mol. The lowest BCUT2D eigenvalue weighted by molar-refractivity contribution is 0.712. The van der Waals surface area contributed by atoms with Crippen LogP contribution in [0.25, 0.3) is 11.4 Å². The van der Waals surface area contributed by atoms with E-state index in [0.29, 0.717) is 0 Å². The highest BCUT2D eigenvalue weighted by Crippen LogP contribution is 2.17. The molecule has 2 aromatic heterocycles. The number of nitrogens with zero attached hydrogens (tertiary/aromatic N) is 4. The van der Waals surface area contributed by atoms with Gasteiger partial charge < -0.3 is 16.0 Å². The second kappa shape index (κ2) is 9.95. The monoisotopic (exact) mass is 415 g/mol. The minimum Gasteiger partial charge on any atom is -0.369 e. The first-order chi connectivity index (χ1) is 15.2. The number of anilines is 2. The molecule has 7 heteroatoms. The summed E-state index contributed by atoms with van der Waals surface area (Å²) in [5.74, 6) is 2.01. The van der Waals surface area contributed by atoms with E-state index < -0.39 is 0 Å². The van der Waals surface area contributed by atoms with Crippen molar-refractivity contribution in [3.8, 4) is 11.4 Å². The molecule has 2 heterocycles. The van der Waals surface area contributed by atoms with E-state index in [2.05, 4.69) is 62.5 Å². The molecule has 0 spiro atoms. The average molecular weight is 416 g/mol. The average Bonchev–Trinajstić information content (AvgIpc) is 3.36. The molecule has 4 aromatic rings. The molecule has 0 amide bonds. The molecule has 0 aliphatic carbocycles. The van der Waals surface area contributed by atoms with Crippen LogP contribution in [0.2, 0.25) is 0 Å². The lowest BCUT2D eigenvalue weighted by Gasteiger charge is -2.12. The molecule has 4 rings (SSSR count). The van der Waals surface area contributed by atoms with E-state index in [9.17, 15) is 0 Å². The normalized spacial score (nSPS) is 10.9. The van der Waals surface area contributed by atoms with Crippen LogP contribution in [0.1, 0.15) is 11.4 Å². The smallest absolute Gasteiger partial charge is 0.130 e. The fourth-order valence-corrected chi connectivity index (χ4v) is 3.47. The van der Waals surface area contributed by atoms with Crippen LogP contribution < -0.4 is 16.0 Å². The van der Waals surface area contributed by atoms with E-state index in [1.165, 1.54) is 0 Å². The maximum atomic E-state index is 4.59. The highest BCUT2D eigenvalue weighted by Gasteiger charge is 2.08. The van der Waals surface area contributed by atoms with Gasteiger partial charge in [0, 0.05) is 38.3 Å². The second-order valence-corrected chi connectivity index (χ2v) is 7.44. The summed E-state index contributed by atoms with van der Waals surface area (Å²) < 4.78 is 3.90. The Balaban J connectivity index is 1.22. The largest absolute Gasteiger partial charge is 0.369 e. The van der Waals surface area contributed by atoms with E-state index in [0.717, 1.165) is 60.6 Å². The molecule has 0 unspecified atom stereocenters. The zero-order chi connectivity index (χ0) is 21.5. The predicted molar refractivity (Wildman–Crippen MR) is 126 cm³/mol. The molecule has 160 valence electrons. The highest BCUT2D eigenvalue weighted by molar-refractivity contribution is 5.47. The van der Waals surface area contributed by atoms with Gasteiger partial charge in [-0.25, -0.2) is 9.36 Å². The zero-order valence-electron chi connectivity index (χ0n) is 18.0. The molecule has 0 fully saturated rings. The quantitative estimate of drug-likeness (QED) is 0.344. The first kappa shape index (κ1) is 20.7. The molecule has 3 N–H and O–H groups in total. The summed E-state index contributed by atoms with van der Waals surface area (Å²) >= 11 is 0. The van der Waals surface area contributed by atoms with Crippen molar-refractivity contribution in [1.82, 2.24) is 24.9 Å². The van der Waals surface area contributed by atoms with Crippen LogP contribution in [-0.2, 0) is 0 Å². The predicted octanol–water partition coefficient (Wildman–Crippen LogP) is 3.79. The Morgan fingerprint density at radius 2 is 1.03 bits per heavy atom. The molecule has 2 aromatic carbocycles. The summed E-state index contributed by atoms with van der Waals surface area (Å²) in [6, 6.07) is 24.5. The van der Waals surface area contributed by atoms with E-state index >= 15 is 0 Å². The molecule has 0 aliphatic heterocycles. The Kier molecular flexibility index (Phi) is 6.64. The first-order valence-corrected chi connectivity index (χ1v) is 10.6. The number of hydrogen-bond donors (Lipinski definition) is 3. The van der Waals surface area contributed by atoms with Gasteiger partial charge in [0.05, 0.1) is 22.8 Å². The summed E-state index contributed by atoms with van der Waals surface area (Å²) in [6.07, 6.45) is 0. The topological polar surface area (TPSA) is 71.7 Å². The summed E-state index contributed by atoms with van der Waals surface area (Å²) in [7, 11) is 0. The van der Waals surface area contributed by atoms with Crippen LogP contribution >= 0.6 is 0 Å². The standard InChI is InChI=1S/C24H29N7/c1-19-17-23(30(28-19)21-9-5-3-6-10-21)26-15-13-25-14-16-27-24-18-20(2)29-31(24)22-11-7-4-8-12-22/h3-12,17-18,25-27H,13-16H2,1-2H3. The molecule has 0 aliphatic rings. The minimum absolute atomic E-state index is 0.818. The number of aryl methyl sites for hydroxylation is 2. The first-order valence-electron chi connectivity index (χ1n) is 10.6. The number of nitrogens with one attached hydrogen (secondary N) is 3. The van der Waals surface area contributed by atoms with E-state index in [1.54, 1.807) is 0 Å². The van der Waals surface area contributed by atoms with Crippen molar-refractivity contribution >= 4 is 11.6 Å². The molecule has 0 radical (unpaired) electrons. The molecular formula is C24H29N7. The fourth-order valence-electron chi connectivity index (χ4n) is 3.47. The van der Waals surface area contributed by atoms with Crippen molar-refractivity contribution in [2.24, 2.45) is 0 Å². The van der Waals surface area contributed by atoms with Crippen LogP contribution in [0, 0.1) is 13.8 Å². The summed E-state index contributed by atoms with van der Waals surface area (Å²) in [4.78, 5) is 0. The van der Waals surface area contributed by atoms with Gasteiger partial charge in [0.25, 0.3) is 0 Å². The molecule has 0 atom stereocenters. The lowest BCUT2D eigenvalue weighted by atomic mass is 10.3. The van der Waals surface area contributed by atoms with Gasteiger partial charge in [-0.15, -0.1) is 0 Å². The molecule has 0 bridgehead atoms. The van der Waals surface area contributed by atoms with Gasteiger partial charge in [-0.3, -0.25) is 0 Å². The van der Waals surface area contributed by atoms with E-state index in [4.69, 9.17) is 0 Å². The molecule has 31 heavy (non-hydrogen) atoms. The van der Waals surface area contributed by atoms with Gasteiger partial charge in [0.15, 0.2) is 0 Å². The number of benzene rings is 2. The van der Waals surface area contributed by atoms with Gasteiger partial charge >= 0.3 is 0 Å². The highest BCUT2D eigenvalue weighted by atomic mass is 15.3. The Morgan fingerprint density at radius 3 is 1.45 bits per heavy atom. The van der Waals surface area contributed by atoms with E-state index in [1.807, 2.05) is 59.6 Å². The van der Waals surface area contributed by atoms with Crippen LogP contribution in [0.3, 0.4) is 0 Å². The third kappa shape index (κ3) is 5.32. The van der Waals surface area contributed by atoms with Gasteiger partial charge in [0.2, 0.25) is 0 Å². The SMILES string of the molecule is Cc1cc(NCCNCCNc2cc(C)nn2-c2ccccc2)n(-c2ccccc2)n1. The Bertz CT molecular complexity index is 996. The van der Waals surface area contributed by atoms with Gasteiger partial charge in [-0.1, -0.05) is 36.4 Å². The minimum atomic E-state index is 0.818. The maximum Gasteiger partial charge on any atom is 0.130 e. The number of para-hydroxylation sites is 2. The van der Waals surface area contributed by atoms with Gasteiger partial charge in [-0.05, 0) is 38.1 Å². The second-order valence-electron chi connectivity index (χ2n) is 7.44. The number of rotatable bonds is 10. The molecule has 7 nitrogen and oxygen atoms in total. The number of hydrogen-bond acceptors (Lipinski definition) is 5. The van der Waals surface area contributed by atoms with Crippen LogP contribution in [0.4, 0.5) is 11.6 Å². The van der Waals surface area contributed by atoms with Crippen LogP contribution in [0.15, 0.2) is 72.8 Å². The van der Waals surface area contributed by atoms with Crippen molar-refractivity contribution in [1.29, 1.82) is 0 Å². The summed E-state index contributed by atoms with van der Waals surface area (Å²) in [6.45, 7) is 7.38. The number of aromatic nitrogens is 4. The van der Waals surface area contributed by atoms with E-state index in [-0.39, 0.29) is 0 Å². The van der Waals surface area contributed by atoms with Crippen LogP contribution in [0.5, 0.6) is 0 Å². The van der Waals surface area contributed by atoms with Crippen LogP contribution in [-0.4, -0.2) is 45.7 Å². The third-order valence-electron chi connectivity index (χ3n) is 4.88. The maximum absolute atomic E-state index is 4.59. The summed E-state index contributed by atoms with van der Waals surface area (Å²) in [5, 5.41) is 19.6. The zero-order valence-corrected chi connectivity index (χ0v) is 18.0. The summed E-state index contributed by atoms with van der Waals surface area (Å²) in [5.41, 5.74) is 4.10. The molecule has 0 saturated heterocycles. The Morgan fingerprint density at radius 1 is 0.613 bits per heavy atom. The third-order valence-corrected chi connectivity index (χ3v) is 4.88. The van der Waals surface area contributed by atoms with Crippen molar-refractivity contribution in [2.45, 2.75) is 13.8 Å². The van der Waals surface area contributed by atoms with Crippen molar-refractivity contribution in [2.75, 3.05) is 36.8 Å². The Hall–Kier alpha value is -3.58. The van der Waals surface area contributed by atoms with Crippen molar-refractivity contribution in [3.05, 3.63) is 84.2 Å². The fraction of sp³-hybridized carbons (Fsp3) is 0.250. The van der Waals surface area contributed by atoms with Crippen molar-refractivity contribution in [3.63, 3.8) is 0 Å². The Labute approximate surface area is 183 Å². The van der Waals surface area contributed by atoms with Crippen molar-refractivity contribution < 1.29 is 0 Å². The van der Waals surface area contributed by atoms with Gasteiger partial charge in [-0.2, -0.15) is 10.2 Å². The molecule has 0 saturated carbocycles.